The van der Waals surface area contributed by atoms with Crippen molar-refractivity contribution in [2.45, 2.75) is 26.2 Å². The Bertz CT molecular complexity index is 859. The van der Waals surface area contributed by atoms with Gasteiger partial charge in [0.25, 0.3) is 5.91 Å². The number of amides is 1. The van der Waals surface area contributed by atoms with E-state index in [9.17, 15) is 10.1 Å². The van der Waals surface area contributed by atoms with Crippen molar-refractivity contribution in [1.82, 2.24) is 0 Å². The number of para-hydroxylation sites is 1. The van der Waals surface area contributed by atoms with Crippen LogP contribution in [0.4, 0.5) is 17.1 Å². The largest absolute Gasteiger partial charge is 0.372 e. The fourth-order valence-electron chi connectivity index (χ4n) is 3.13. The molecule has 0 aliphatic carbocycles. The van der Waals surface area contributed by atoms with Crippen molar-refractivity contribution in [2.24, 2.45) is 0 Å². The van der Waals surface area contributed by atoms with Crippen LogP contribution in [0.3, 0.4) is 0 Å². The standard InChI is InChI=1S/C22H24N4O/c1-17-7-3-4-8-21(17)25-22(27)18(15-23)16-24-19-9-11-20(12-10-19)26-13-5-2-6-14-26/h3-4,7-12,16,24H,2,5-6,13-14H2,1H3,(H,25,27)/b18-16-. The molecule has 1 saturated heterocycles. The lowest BCUT2D eigenvalue weighted by Crippen LogP contribution is -2.29. The van der Waals surface area contributed by atoms with Gasteiger partial charge < -0.3 is 15.5 Å². The number of nitrogens with zero attached hydrogens (tertiary/aromatic N) is 2. The minimum atomic E-state index is -0.427. The van der Waals surface area contributed by atoms with Crippen molar-refractivity contribution >= 4 is 23.0 Å². The molecule has 0 radical (unpaired) electrons. The lowest BCUT2D eigenvalue weighted by Gasteiger charge is -2.28. The maximum absolute atomic E-state index is 12.3. The van der Waals surface area contributed by atoms with Crippen LogP contribution in [0, 0.1) is 18.3 Å². The van der Waals surface area contributed by atoms with E-state index in [1.54, 1.807) is 0 Å². The van der Waals surface area contributed by atoms with Gasteiger partial charge in [0.2, 0.25) is 0 Å². The van der Waals surface area contributed by atoms with Gasteiger partial charge in [0, 0.05) is 36.4 Å². The fourth-order valence-corrected chi connectivity index (χ4v) is 3.13. The highest BCUT2D eigenvalue weighted by atomic mass is 16.1. The molecule has 2 aromatic carbocycles. The first-order chi connectivity index (χ1) is 13.2. The normalized spacial score (nSPS) is 14.4. The minimum Gasteiger partial charge on any atom is -0.372 e. The second-order valence-electron chi connectivity index (χ2n) is 6.68. The number of hydrogen-bond donors (Lipinski definition) is 2. The molecule has 3 rings (SSSR count). The van der Waals surface area contributed by atoms with E-state index in [-0.39, 0.29) is 5.57 Å². The molecule has 0 saturated carbocycles. The summed E-state index contributed by atoms with van der Waals surface area (Å²) in [5, 5.41) is 15.1. The van der Waals surface area contributed by atoms with Crippen LogP contribution in [0.25, 0.3) is 0 Å². The number of anilines is 3. The molecule has 0 unspecified atom stereocenters. The molecule has 5 heteroatoms. The number of carbonyl (C=O) groups excluding carboxylic acids is 1. The molecule has 1 amide bonds. The molecule has 138 valence electrons. The first-order valence-electron chi connectivity index (χ1n) is 9.26. The van der Waals surface area contributed by atoms with E-state index >= 15 is 0 Å². The van der Waals surface area contributed by atoms with Crippen molar-refractivity contribution in [3.05, 3.63) is 65.9 Å². The van der Waals surface area contributed by atoms with Gasteiger partial charge in [-0.25, -0.2) is 0 Å². The number of carbonyl (C=O) groups is 1. The zero-order valence-electron chi connectivity index (χ0n) is 15.5. The summed E-state index contributed by atoms with van der Waals surface area (Å²) in [6.45, 7) is 4.11. The summed E-state index contributed by atoms with van der Waals surface area (Å²) in [6.07, 6.45) is 5.24. The third-order valence-electron chi connectivity index (χ3n) is 4.73. The molecule has 0 spiro atoms. The van der Waals surface area contributed by atoms with Crippen molar-refractivity contribution in [1.29, 1.82) is 5.26 Å². The minimum absolute atomic E-state index is 0.0263. The molecule has 2 N–H and O–H groups in total. The number of benzene rings is 2. The summed E-state index contributed by atoms with van der Waals surface area (Å²) >= 11 is 0. The average molecular weight is 360 g/mol. The quantitative estimate of drug-likeness (QED) is 0.611. The highest BCUT2D eigenvalue weighted by Crippen LogP contribution is 2.22. The molecule has 1 aliphatic heterocycles. The maximum Gasteiger partial charge on any atom is 0.267 e. The number of aryl methyl sites for hydroxylation is 1. The molecule has 5 nitrogen and oxygen atoms in total. The van der Waals surface area contributed by atoms with E-state index in [2.05, 4.69) is 27.7 Å². The Kier molecular flexibility index (Phi) is 6.11. The first kappa shape index (κ1) is 18.5. The Morgan fingerprint density at radius 1 is 1.07 bits per heavy atom. The van der Waals surface area contributed by atoms with Crippen molar-refractivity contribution in [2.75, 3.05) is 28.6 Å². The van der Waals surface area contributed by atoms with E-state index in [0.29, 0.717) is 5.69 Å². The topological polar surface area (TPSA) is 68.2 Å². The molecule has 1 aliphatic rings. The van der Waals surface area contributed by atoms with E-state index < -0.39 is 5.91 Å². The van der Waals surface area contributed by atoms with Crippen molar-refractivity contribution < 1.29 is 4.79 Å². The van der Waals surface area contributed by atoms with Crippen molar-refractivity contribution in [3.63, 3.8) is 0 Å². The van der Waals surface area contributed by atoms with Gasteiger partial charge in [0.1, 0.15) is 11.6 Å². The number of hydrogen-bond acceptors (Lipinski definition) is 4. The van der Waals surface area contributed by atoms with Gasteiger partial charge in [-0.15, -0.1) is 0 Å². The Balaban J connectivity index is 1.63. The Morgan fingerprint density at radius 2 is 1.78 bits per heavy atom. The molecule has 1 heterocycles. The van der Waals surface area contributed by atoms with Gasteiger partial charge in [-0.05, 0) is 62.1 Å². The lowest BCUT2D eigenvalue weighted by molar-refractivity contribution is -0.112. The number of nitrogens with one attached hydrogen (secondary N) is 2. The molecular formula is C22H24N4O. The maximum atomic E-state index is 12.3. The average Bonchev–Trinajstić information content (AvgIpc) is 2.71. The Hall–Kier alpha value is -3.26. The van der Waals surface area contributed by atoms with Crippen LogP contribution in [0.15, 0.2) is 60.3 Å². The zero-order valence-corrected chi connectivity index (χ0v) is 15.5. The molecule has 2 aromatic rings. The van der Waals surface area contributed by atoms with E-state index in [1.165, 1.54) is 31.1 Å². The van der Waals surface area contributed by atoms with E-state index in [0.717, 1.165) is 24.3 Å². The van der Waals surface area contributed by atoms with Gasteiger partial charge in [-0.3, -0.25) is 4.79 Å². The lowest BCUT2D eigenvalue weighted by atomic mass is 10.1. The first-order valence-corrected chi connectivity index (χ1v) is 9.26. The molecule has 1 fully saturated rings. The van der Waals surface area contributed by atoms with Gasteiger partial charge >= 0.3 is 0 Å². The summed E-state index contributed by atoms with van der Waals surface area (Å²) < 4.78 is 0. The van der Waals surface area contributed by atoms with E-state index in [1.807, 2.05) is 49.4 Å². The summed E-state index contributed by atoms with van der Waals surface area (Å²) in [5.41, 5.74) is 3.73. The van der Waals surface area contributed by atoms with Crippen LogP contribution in [0.1, 0.15) is 24.8 Å². The number of nitriles is 1. The molecule has 27 heavy (non-hydrogen) atoms. The second kappa shape index (κ2) is 8.91. The molecule has 0 atom stereocenters. The van der Waals surface area contributed by atoms with Gasteiger partial charge in [0.05, 0.1) is 0 Å². The van der Waals surface area contributed by atoms with Crippen LogP contribution in [0.5, 0.6) is 0 Å². The summed E-state index contributed by atoms with van der Waals surface area (Å²) in [6, 6.07) is 17.5. The summed E-state index contributed by atoms with van der Waals surface area (Å²) in [4.78, 5) is 14.7. The number of piperidine rings is 1. The van der Waals surface area contributed by atoms with Gasteiger partial charge in [-0.1, -0.05) is 18.2 Å². The van der Waals surface area contributed by atoms with Gasteiger partial charge in [0.15, 0.2) is 0 Å². The number of rotatable bonds is 5. The van der Waals surface area contributed by atoms with Crippen LogP contribution >= 0.6 is 0 Å². The molecule has 0 bridgehead atoms. The molecule has 0 aromatic heterocycles. The molecular weight excluding hydrogens is 336 g/mol. The Labute approximate surface area is 160 Å². The predicted molar refractivity (Wildman–Crippen MR) is 110 cm³/mol. The Morgan fingerprint density at radius 3 is 2.44 bits per heavy atom. The SMILES string of the molecule is Cc1ccccc1NC(=O)/C(C#N)=C\Nc1ccc(N2CCCCC2)cc1. The van der Waals surface area contributed by atoms with Crippen LogP contribution < -0.4 is 15.5 Å². The van der Waals surface area contributed by atoms with E-state index in [4.69, 9.17) is 0 Å². The highest BCUT2D eigenvalue weighted by molar-refractivity contribution is 6.07. The smallest absolute Gasteiger partial charge is 0.267 e. The third-order valence-corrected chi connectivity index (χ3v) is 4.73. The van der Waals surface area contributed by atoms with Crippen LogP contribution in [-0.2, 0) is 4.79 Å². The summed E-state index contributed by atoms with van der Waals surface area (Å²) in [7, 11) is 0. The zero-order chi connectivity index (χ0) is 19.1. The summed E-state index contributed by atoms with van der Waals surface area (Å²) in [5.74, 6) is -0.427. The fraction of sp³-hybridized carbons (Fsp3) is 0.273. The van der Waals surface area contributed by atoms with Gasteiger partial charge in [-0.2, -0.15) is 5.26 Å². The third kappa shape index (κ3) is 4.89. The monoisotopic (exact) mass is 360 g/mol. The van der Waals surface area contributed by atoms with Crippen molar-refractivity contribution in [3.8, 4) is 6.07 Å². The van der Waals surface area contributed by atoms with Crippen LogP contribution in [-0.4, -0.2) is 19.0 Å². The predicted octanol–water partition coefficient (Wildman–Crippen LogP) is 4.44. The highest BCUT2D eigenvalue weighted by Gasteiger charge is 2.12. The van der Waals surface area contributed by atoms with Crippen LogP contribution in [0.2, 0.25) is 0 Å². The second-order valence-corrected chi connectivity index (χ2v) is 6.68.